The average molecular weight is 415 g/mol. The molecule has 0 unspecified atom stereocenters. The van der Waals surface area contributed by atoms with Crippen LogP contribution in [0.25, 0.3) is 0 Å². The standard InChI is InChI=1S/C22H29N3O5/c1-4-30-20(26)16-6-5-11-25(12-16)13-17-18(21(27)29-3)19(24-22(28)23-17)15-9-7-14(2)8-10-15/h7-10,16,19H,4-6,11-13H2,1-3H3,(H2,23,24,28)/t16-,19-/m0/s1. The number of amides is 2. The van der Waals surface area contributed by atoms with Gasteiger partial charge in [0.25, 0.3) is 0 Å². The lowest BCUT2D eigenvalue weighted by Gasteiger charge is -2.35. The summed E-state index contributed by atoms with van der Waals surface area (Å²) in [4.78, 5) is 39.3. The lowest BCUT2D eigenvalue weighted by atomic mass is 9.93. The topological polar surface area (TPSA) is 97.0 Å². The highest BCUT2D eigenvalue weighted by Gasteiger charge is 2.35. The number of nitrogens with zero attached hydrogens (tertiary/aromatic N) is 1. The molecular weight excluding hydrogens is 386 g/mol. The molecule has 1 saturated heterocycles. The highest BCUT2D eigenvalue weighted by Crippen LogP contribution is 2.29. The number of nitrogens with one attached hydrogen (secondary N) is 2. The van der Waals surface area contributed by atoms with Crippen LogP contribution in [0, 0.1) is 12.8 Å². The summed E-state index contributed by atoms with van der Waals surface area (Å²) < 4.78 is 10.2. The molecular formula is C22H29N3O5. The fraction of sp³-hybridized carbons (Fsp3) is 0.500. The number of hydrogen-bond acceptors (Lipinski definition) is 6. The molecule has 3 rings (SSSR count). The molecule has 0 spiro atoms. The summed E-state index contributed by atoms with van der Waals surface area (Å²) in [5.74, 6) is -0.899. The number of rotatable bonds is 6. The first-order valence-corrected chi connectivity index (χ1v) is 10.3. The summed E-state index contributed by atoms with van der Waals surface area (Å²) in [6.07, 6.45) is 1.62. The molecule has 2 N–H and O–H groups in total. The molecule has 0 aliphatic carbocycles. The Kier molecular flexibility index (Phi) is 7.10. The number of ether oxygens (including phenoxy) is 2. The molecule has 2 atom stereocenters. The van der Waals surface area contributed by atoms with Gasteiger partial charge in [0.2, 0.25) is 0 Å². The minimum absolute atomic E-state index is 0.198. The number of esters is 2. The molecule has 1 aromatic carbocycles. The van der Waals surface area contributed by atoms with Gasteiger partial charge in [-0.3, -0.25) is 9.69 Å². The third-order valence-electron chi connectivity index (χ3n) is 5.48. The predicted molar refractivity (Wildman–Crippen MR) is 110 cm³/mol. The monoisotopic (exact) mass is 415 g/mol. The first kappa shape index (κ1) is 21.8. The van der Waals surface area contributed by atoms with E-state index < -0.39 is 12.0 Å². The van der Waals surface area contributed by atoms with Gasteiger partial charge in [-0.2, -0.15) is 0 Å². The van der Waals surface area contributed by atoms with Crippen molar-refractivity contribution in [3.63, 3.8) is 0 Å². The van der Waals surface area contributed by atoms with Gasteiger partial charge in [0.15, 0.2) is 0 Å². The Labute approximate surface area is 176 Å². The van der Waals surface area contributed by atoms with Gasteiger partial charge < -0.3 is 20.1 Å². The second-order valence-corrected chi connectivity index (χ2v) is 7.65. The van der Waals surface area contributed by atoms with E-state index in [0.717, 1.165) is 30.5 Å². The van der Waals surface area contributed by atoms with E-state index in [1.807, 2.05) is 31.2 Å². The number of aryl methyl sites for hydroxylation is 1. The van der Waals surface area contributed by atoms with Gasteiger partial charge in [-0.05, 0) is 38.8 Å². The average Bonchev–Trinajstić information content (AvgIpc) is 2.74. The third kappa shape index (κ3) is 4.99. The van der Waals surface area contributed by atoms with Crippen molar-refractivity contribution in [3.05, 3.63) is 46.7 Å². The van der Waals surface area contributed by atoms with E-state index in [1.165, 1.54) is 7.11 Å². The molecule has 1 fully saturated rings. The molecule has 30 heavy (non-hydrogen) atoms. The zero-order chi connectivity index (χ0) is 21.7. The van der Waals surface area contributed by atoms with E-state index in [4.69, 9.17) is 9.47 Å². The zero-order valence-electron chi connectivity index (χ0n) is 17.7. The van der Waals surface area contributed by atoms with E-state index in [0.29, 0.717) is 31.0 Å². The van der Waals surface area contributed by atoms with Crippen LogP contribution in [0.1, 0.15) is 36.9 Å². The molecule has 2 amide bonds. The first-order valence-electron chi connectivity index (χ1n) is 10.3. The minimum atomic E-state index is -0.604. The largest absolute Gasteiger partial charge is 0.466 e. The lowest BCUT2D eigenvalue weighted by Crippen LogP contribution is -2.49. The van der Waals surface area contributed by atoms with E-state index in [1.54, 1.807) is 6.92 Å². The van der Waals surface area contributed by atoms with Crippen molar-refractivity contribution in [3.8, 4) is 0 Å². The maximum atomic E-state index is 12.7. The molecule has 2 heterocycles. The van der Waals surface area contributed by atoms with E-state index in [2.05, 4.69) is 15.5 Å². The molecule has 0 bridgehead atoms. The Morgan fingerprint density at radius 2 is 1.97 bits per heavy atom. The van der Waals surface area contributed by atoms with Crippen LogP contribution >= 0.6 is 0 Å². The van der Waals surface area contributed by atoms with E-state index in [-0.39, 0.29) is 17.9 Å². The summed E-state index contributed by atoms with van der Waals surface area (Å²) in [6, 6.07) is 6.68. The van der Waals surface area contributed by atoms with Crippen molar-refractivity contribution < 1.29 is 23.9 Å². The smallest absolute Gasteiger partial charge is 0.338 e. The Bertz CT molecular complexity index is 834. The molecule has 8 heteroatoms. The van der Waals surface area contributed by atoms with Crippen LogP contribution in [-0.4, -0.2) is 56.2 Å². The fourth-order valence-electron chi connectivity index (χ4n) is 3.98. The molecule has 8 nitrogen and oxygen atoms in total. The van der Waals surface area contributed by atoms with Gasteiger partial charge in [-0.25, -0.2) is 9.59 Å². The van der Waals surface area contributed by atoms with Crippen molar-refractivity contribution in [2.24, 2.45) is 5.92 Å². The van der Waals surface area contributed by atoms with Gasteiger partial charge in [0.05, 0.1) is 31.2 Å². The first-order chi connectivity index (χ1) is 14.4. The van der Waals surface area contributed by atoms with Gasteiger partial charge in [0, 0.05) is 18.8 Å². The SMILES string of the molecule is CCOC(=O)[C@H]1CCCN(CC2=C(C(=O)OC)[C@H](c3ccc(C)cc3)NC(=O)N2)C1. The van der Waals surface area contributed by atoms with Crippen LogP contribution in [0.4, 0.5) is 4.79 Å². The van der Waals surface area contributed by atoms with E-state index in [9.17, 15) is 14.4 Å². The van der Waals surface area contributed by atoms with Gasteiger partial charge in [0.1, 0.15) is 0 Å². The van der Waals surface area contributed by atoms with Crippen LogP contribution in [0.15, 0.2) is 35.5 Å². The van der Waals surface area contributed by atoms with E-state index >= 15 is 0 Å². The number of benzene rings is 1. The highest BCUT2D eigenvalue weighted by atomic mass is 16.5. The number of methoxy groups -OCH3 is 1. The summed E-state index contributed by atoms with van der Waals surface area (Å²) in [5.41, 5.74) is 2.76. The number of carbonyl (C=O) groups excluding carboxylic acids is 3. The quantitative estimate of drug-likeness (QED) is 0.691. The molecule has 0 aromatic heterocycles. The minimum Gasteiger partial charge on any atom is -0.466 e. The van der Waals surface area contributed by atoms with Crippen molar-refractivity contribution in [2.45, 2.75) is 32.7 Å². The molecule has 1 aromatic rings. The zero-order valence-corrected chi connectivity index (χ0v) is 17.7. The maximum absolute atomic E-state index is 12.7. The second kappa shape index (κ2) is 9.75. The second-order valence-electron chi connectivity index (χ2n) is 7.65. The fourth-order valence-corrected chi connectivity index (χ4v) is 3.98. The van der Waals surface area contributed by atoms with Crippen LogP contribution in [0.3, 0.4) is 0 Å². The van der Waals surface area contributed by atoms with Crippen LogP contribution in [0.5, 0.6) is 0 Å². The molecule has 0 radical (unpaired) electrons. The van der Waals surface area contributed by atoms with Gasteiger partial charge in [-0.15, -0.1) is 0 Å². The van der Waals surface area contributed by atoms with Gasteiger partial charge >= 0.3 is 18.0 Å². The number of piperidine rings is 1. The molecule has 0 saturated carbocycles. The normalized spacial score (nSPS) is 22.2. The molecule has 162 valence electrons. The summed E-state index contributed by atoms with van der Waals surface area (Å²) >= 11 is 0. The Morgan fingerprint density at radius 1 is 1.23 bits per heavy atom. The lowest BCUT2D eigenvalue weighted by molar-refractivity contribution is -0.150. The van der Waals surface area contributed by atoms with Crippen LogP contribution in [0.2, 0.25) is 0 Å². The summed E-state index contributed by atoms with van der Waals surface area (Å²) in [6.45, 7) is 5.76. The molecule has 2 aliphatic heterocycles. The van der Waals surface area contributed by atoms with Crippen molar-refractivity contribution >= 4 is 18.0 Å². The summed E-state index contributed by atoms with van der Waals surface area (Å²) in [7, 11) is 1.33. The van der Waals surface area contributed by atoms with Crippen molar-refractivity contribution in [2.75, 3.05) is 33.4 Å². The van der Waals surface area contributed by atoms with Crippen LogP contribution in [-0.2, 0) is 19.1 Å². The Hall–Kier alpha value is -2.87. The van der Waals surface area contributed by atoms with Crippen LogP contribution < -0.4 is 10.6 Å². The molecule has 2 aliphatic rings. The Balaban J connectivity index is 1.88. The van der Waals surface area contributed by atoms with Gasteiger partial charge in [-0.1, -0.05) is 29.8 Å². The number of carbonyl (C=O) groups is 3. The van der Waals surface area contributed by atoms with Crippen molar-refractivity contribution in [1.29, 1.82) is 0 Å². The highest BCUT2D eigenvalue weighted by molar-refractivity contribution is 5.95. The number of likely N-dealkylation sites (tertiary alicyclic amines) is 1. The Morgan fingerprint density at radius 3 is 2.63 bits per heavy atom. The number of hydrogen-bond donors (Lipinski definition) is 2. The summed E-state index contributed by atoms with van der Waals surface area (Å²) in [5, 5.41) is 5.61. The maximum Gasteiger partial charge on any atom is 0.338 e. The third-order valence-corrected chi connectivity index (χ3v) is 5.48. The predicted octanol–water partition coefficient (Wildman–Crippen LogP) is 2.05. The number of urea groups is 1. The van der Waals surface area contributed by atoms with Crippen molar-refractivity contribution in [1.82, 2.24) is 15.5 Å².